The molecule has 2 N–H and O–H groups in total. The van der Waals surface area contributed by atoms with Gasteiger partial charge in [0.05, 0.1) is 45.5 Å². The summed E-state index contributed by atoms with van der Waals surface area (Å²) in [5.74, 6) is -0.192. The molecule has 0 aromatic heterocycles. The highest BCUT2D eigenvalue weighted by molar-refractivity contribution is 6.08. The molecule has 0 fully saturated rings. The molecule has 0 saturated carbocycles. The summed E-state index contributed by atoms with van der Waals surface area (Å²) in [6, 6.07) is 4.58. The second-order valence-corrected chi connectivity index (χ2v) is 6.89. The van der Waals surface area contributed by atoms with Gasteiger partial charge in [-0.25, -0.2) is 0 Å². The first-order chi connectivity index (χ1) is 13.4. The van der Waals surface area contributed by atoms with Gasteiger partial charge in [-0.05, 0) is 32.9 Å². The number of rotatable bonds is 10. The maximum atomic E-state index is 12.7. The third kappa shape index (κ3) is 4.30. The number of ether oxygens (including phenoxy) is 2. The second kappa shape index (κ2) is 9.59. The zero-order valence-electron chi connectivity index (χ0n) is 17.4. The van der Waals surface area contributed by atoms with E-state index in [2.05, 4.69) is 13.8 Å². The average Bonchev–Trinajstić information content (AvgIpc) is 2.95. The van der Waals surface area contributed by atoms with Gasteiger partial charge in [-0.2, -0.15) is 0 Å². The summed E-state index contributed by atoms with van der Waals surface area (Å²) in [5.41, 5.74) is 0.768. The molecule has 0 radical (unpaired) electrons. The van der Waals surface area contributed by atoms with Crippen LogP contribution >= 0.6 is 0 Å². The number of methoxy groups -OCH3 is 2. The van der Waals surface area contributed by atoms with Crippen molar-refractivity contribution >= 4 is 11.7 Å². The van der Waals surface area contributed by atoms with Gasteiger partial charge in [0.1, 0.15) is 11.5 Å². The topological polar surface area (TPSA) is 80.5 Å². The number of aliphatic hydroxyl groups excluding tert-OH is 1. The largest absolute Gasteiger partial charge is 0.503 e. The van der Waals surface area contributed by atoms with E-state index in [-0.39, 0.29) is 11.4 Å². The smallest absolute Gasteiger partial charge is 0.290 e. The predicted molar refractivity (Wildman–Crippen MR) is 106 cm³/mol. The van der Waals surface area contributed by atoms with Gasteiger partial charge in [0.25, 0.3) is 5.91 Å². The van der Waals surface area contributed by atoms with Crippen LogP contribution in [0.4, 0.5) is 0 Å². The Balaban J connectivity index is 2.39. The van der Waals surface area contributed by atoms with Crippen molar-refractivity contribution in [1.82, 2.24) is 4.90 Å². The Morgan fingerprint density at radius 2 is 1.89 bits per heavy atom. The Hall–Kier alpha value is -2.54. The molecular weight excluding hydrogens is 360 g/mol. The van der Waals surface area contributed by atoms with Crippen LogP contribution in [0.25, 0.3) is 0 Å². The van der Waals surface area contributed by atoms with E-state index in [1.807, 2.05) is 0 Å². The lowest BCUT2D eigenvalue weighted by molar-refractivity contribution is -0.896. The number of hydrogen-bond acceptors (Lipinski definition) is 5. The summed E-state index contributed by atoms with van der Waals surface area (Å²) >= 11 is 0. The van der Waals surface area contributed by atoms with Crippen LogP contribution < -0.4 is 14.4 Å². The molecule has 1 amide bonds. The number of carbonyl (C=O) groups is 2. The van der Waals surface area contributed by atoms with Crippen molar-refractivity contribution in [3.8, 4) is 11.5 Å². The summed E-state index contributed by atoms with van der Waals surface area (Å²) in [6.45, 7) is 9.02. The minimum absolute atomic E-state index is 0.114. The van der Waals surface area contributed by atoms with Crippen LogP contribution in [0.15, 0.2) is 29.5 Å². The second-order valence-electron chi connectivity index (χ2n) is 6.89. The number of benzene rings is 1. The molecule has 1 atom stereocenters. The minimum Gasteiger partial charge on any atom is -0.503 e. The number of carbonyl (C=O) groups excluding carboxylic acids is 2. The number of hydrogen-bond donors (Lipinski definition) is 2. The number of Topliss-reactive ketones (excluding diaryl/α,β-unsaturated/α-hetero) is 1. The molecule has 1 aliphatic rings. The molecule has 1 heterocycles. The molecular formula is C21H31N2O5+. The van der Waals surface area contributed by atoms with Crippen molar-refractivity contribution in [1.29, 1.82) is 0 Å². The average molecular weight is 391 g/mol. The zero-order valence-corrected chi connectivity index (χ0v) is 17.4. The molecule has 2 rings (SSSR count). The molecule has 1 aromatic rings. The zero-order chi connectivity index (χ0) is 20.8. The normalized spacial score (nSPS) is 16.9. The molecule has 1 unspecified atom stereocenters. The Morgan fingerprint density at radius 3 is 2.43 bits per heavy atom. The van der Waals surface area contributed by atoms with E-state index < -0.39 is 17.7 Å². The first-order valence-electron chi connectivity index (χ1n) is 9.69. The van der Waals surface area contributed by atoms with Crippen molar-refractivity contribution in [2.45, 2.75) is 33.2 Å². The Morgan fingerprint density at radius 1 is 1.21 bits per heavy atom. The SMILES string of the molecule is CC[NH+](CC)CCCN1C(=O)C(O)=C(C(C)=O)C1c1ccc(OC)cc1OC. The fourth-order valence-corrected chi connectivity index (χ4v) is 3.71. The highest BCUT2D eigenvalue weighted by Crippen LogP contribution is 2.42. The third-order valence-electron chi connectivity index (χ3n) is 5.35. The van der Waals surface area contributed by atoms with Gasteiger partial charge in [-0.1, -0.05) is 0 Å². The van der Waals surface area contributed by atoms with Crippen molar-refractivity contribution in [3.63, 3.8) is 0 Å². The predicted octanol–water partition coefficient (Wildman–Crippen LogP) is 1.30. The standard InChI is InChI=1S/C21H30N2O5/c1-6-22(7-2)11-8-12-23-19(18(14(3)24)20(25)21(23)26)16-10-9-15(27-4)13-17(16)28-5/h9-10,13,19,25H,6-8,11-12H2,1-5H3/p+1. The van der Waals surface area contributed by atoms with Gasteiger partial charge < -0.3 is 24.4 Å². The van der Waals surface area contributed by atoms with Crippen LogP contribution in [0.5, 0.6) is 11.5 Å². The number of quaternary nitrogens is 1. The van der Waals surface area contributed by atoms with E-state index in [0.717, 1.165) is 26.1 Å². The first kappa shape index (κ1) is 21.8. The molecule has 7 heteroatoms. The van der Waals surface area contributed by atoms with Crippen molar-refractivity contribution in [3.05, 3.63) is 35.1 Å². The summed E-state index contributed by atoms with van der Waals surface area (Å²) in [5, 5.41) is 10.4. The van der Waals surface area contributed by atoms with Gasteiger partial charge in [0.15, 0.2) is 11.5 Å². The van der Waals surface area contributed by atoms with Gasteiger partial charge in [0, 0.05) is 24.6 Å². The molecule has 7 nitrogen and oxygen atoms in total. The highest BCUT2D eigenvalue weighted by atomic mass is 16.5. The Kier molecular flexibility index (Phi) is 7.45. The van der Waals surface area contributed by atoms with Crippen molar-refractivity contribution < 1.29 is 29.1 Å². The minimum atomic E-state index is -0.669. The van der Waals surface area contributed by atoms with Gasteiger partial charge >= 0.3 is 0 Å². The summed E-state index contributed by atoms with van der Waals surface area (Å²) < 4.78 is 10.7. The molecule has 154 valence electrons. The molecule has 28 heavy (non-hydrogen) atoms. The number of ketones is 1. The van der Waals surface area contributed by atoms with E-state index >= 15 is 0 Å². The van der Waals surface area contributed by atoms with E-state index in [4.69, 9.17) is 9.47 Å². The fourth-order valence-electron chi connectivity index (χ4n) is 3.71. The quantitative estimate of drug-likeness (QED) is 0.629. The molecule has 0 spiro atoms. The van der Waals surface area contributed by atoms with Gasteiger partial charge in [-0.3, -0.25) is 9.59 Å². The van der Waals surface area contributed by atoms with E-state index in [1.54, 1.807) is 30.2 Å². The number of nitrogens with one attached hydrogen (secondary N) is 1. The van der Waals surface area contributed by atoms with Crippen LogP contribution in [0.1, 0.15) is 38.8 Å². The van der Waals surface area contributed by atoms with Crippen LogP contribution in [-0.2, 0) is 9.59 Å². The number of amides is 1. The first-order valence-corrected chi connectivity index (χ1v) is 9.69. The molecule has 0 saturated heterocycles. The lowest BCUT2D eigenvalue weighted by Crippen LogP contribution is -3.11. The van der Waals surface area contributed by atoms with Gasteiger partial charge in [0.2, 0.25) is 0 Å². The lowest BCUT2D eigenvalue weighted by Gasteiger charge is -2.28. The van der Waals surface area contributed by atoms with Crippen LogP contribution in [-0.4, -0.2) is 62.1 Å². The molecule has 0 aliphatic carbocycles. The van der Waals surface area contributed by atoms with Crippen LogP contribution in [0, 0.1) is 0 Å². The molecule has 0 bridgehead atoms. The molecule has 1 aromatic carbocycles. The monoisotopic (exact) mass is 391 g/mol. The van der Waals surface area contributed by atoms with Crippen LogP contribution in [0.2, 0.25) is 0 Å². The van der Waals surface area contributed by atoms with Crippen LogP contribution in [0.3, 0.4) is 0 Å². The third-order valence-corrected chi connectivity index (χ3v) is 5.35. The maximum Gasteiger partial charge on any atom is 0.290 e. The fraction of sp³-hybridized carbons (Fsp3) is 0.524. The summed E-state index contributed by atoms with van der Waals surface area (Å²) in [7, 11) is 3.09. The van der Waals surface area contributed by atoms with E-state index in [1.165, 1.54) is 18.9 Å². The summed E-state index contributed by atoms with van der Waals surface area (Å²) in [4.78, 5) is 28.0. The molecule has 1 aliphatic heterocycles. The number of nitrogens with zero attached hydrogens (tertiary/aromatic N) is 1. The van der Waals surface area contributed by atoms with E-state index in [0.29, 0.717) is 23.6 Å². The van der Waals surface area contributed by atoms with Gasteiger partial charge in [-0.15, -0.1) is 0 Å². The Labute approximate surface area is 166 Å². The number of aliphatic hydroxyl groups is 1. The summed E-state index contributed by atoms with van der Waals surface area (Å²) in [6.07, 6.45) is 0.774. The lowest BCUT2D eigenvalue weighted by atomic mass is 9.95. The Bertz CT molecular complexity index is 755. The van der Waals surface area contributed by atoms with Crippen molar-refractivity contribution in [2.75, 3.05) is 40.4 Å². The van der Waals surface area contributed by atoms with E-state index in [9.17, 15) is 14.7 Å². The highest BCUT2D eigenvalue weighted by Gasteiger charge is 2.43. The van der Waals surface area contributed by atoms with Crippen molar-refractivity contribution in [2.24, 2.45) is 0 Å². The maximum absolute atomic E-state index is 12.7.